The molecule has 0 spiro atoms. The van der Waals surface area contributed by atoms with Gasteiger partial charge in [0, 0.05) is 25.2 Å². The first-order valence-corrected chi connectivity index (χ1v) is 12.2. The minimum Gasteiger partial charge on any atom is -0.327 e. The molecular weight excluding hydrogens is 428 g/mol. The van der Waals surface area contributed by atoms with E-state index in [1.165, 1.54) is 0 Å². The molecule has 34 heavy (non-hydrogen) atoms. The molecule has 0 aliphatic carbocycles. The highest BCUT2D eigenvalue weighted by molar-refractivity contribution is 5.79. The largest absolute Gasteiger partial charge is 0.327 e. The molecule has 5 rings (SSSR count). The van der Waals surface area contributed by atoms with Crippen LogP contribution in [0.5, 0.6) is 0 Å². The van der Waals surface area contributed by atoms with Crippen LogP contribution in [-0.2, 0) is 9.59 Å². The summed E-state index contributed by atoms with van der Waals surface area (Å²) in [4.78, 5) is 47.1. The van der Waals surface area contributed by atoms with Gasteiger partial charge in [0.1, 0.15) is 12.0 Å². The smallest absolute Gasteiger partial charge is 0.278 e. The molecule has 176 valence electrons. The number of aldehydes is 1. The van der Waals surface area contributed by atoms with Gasteiger partial charge in [0.25, 0.3) is 5.56 Å². The molecule has 3 aromatic rings. The van der Waals surface area contributed by atoms with Gasteiger partial charge < -0.3 is 9.69 Å². The summed E-state index contributed by atoms with van der Waals surface area (Å²) in [5.74, 6) is 0. The lowest BCUT2D eigenvalue weighted by atomic mass is 9.95. The van der Waals surface area contributed by atoms with E-state index in [0.717, 1.165) is 63.6 Å². The number of likely N-dealkylation sites (tertiary alicyclic amines) is 2. The van der Waals surface area contributed by atoms with Crippen molar-refractivity contribution in [2.75, 3.05) is 19.6 Å². The summed E-state index contributed by atoms with van der Waals surface area (Å²) < 4.78 is 1.61. The van der Waals surface area contributed by atoms with Gasteiger partial charge in [0.15, 0.2) is 0 Å². The van der Waals surface area contributed by atoms with Gasteiger partial charge in [-0.3, -0.25) is 19.1 Å². The van der Waals surface area contributed by atoms with Gasteiger partial charge in [-0.2, -0.15) is 0 Å². The summed E-state index contributed by atoms with van der Waals surface area (Å²) in [6.07, 6.45) is 7.07. The Balaban J connectivity index is 1.55. The van der Waals surface area contributed by atoms with Gasteiger partial charge in [-0.05, 0) is 50.7 Å². The number of hydrogen-bond acceptors (Lipinski definition) is 5. The van der Waals surface area contributed by atoms with Gasteiger partial charge >= 0.3 is 0 Å². The predicted octanol–water partition coefficient (Wildman–Crippen LogP) is 3.63. The lowest BCUT2D eigenvalue weighted by molar-refractivity contribution is -0.130. The molecule has 1 amide bonds. The van der Waals surface area contributed by atoms with Crippen molar-refractivity contribution in [2.24, 2.45) is 0 Å². The number of aromatic nitrogens is 2. The maximum absolute atomic E-state index is 13.7. The number of rotatable bonds is 8. The van der Waals surface area contributed by atoms with E-state index in [9.17, 15) is 14.4 Å². The zero-order valence-corrected chi connectivity index (χ0v) is 19.3. The van der Waals surface area contributed by atoms with Gasteiger partial charge in [-0.25, -0.2) is 4.98 Å². The number of para-hydroxylation sites is 2. The van der Waals surface area contributed by atoms with Crippen molar-refractivity contribution in [1.29, 1.82) is 0 Å². The zero-order valence-electron chi connectivity index (χ0n) is 19.3. The quantitative estimate of drug-likeness (QED) is 0.482. The normalized spacial score (nSPS) is 21.7. The van der Waals surface area contributed by atoms with E-state index in [1.54, 1.807) is 4.57 Å². The highest BCUT2D eigenvalue weighted by Gasteiger charge is 2.46. The van der Waals surface area contributed by atoms with Crippen LogP contribution >= 0.6 is 0 Å². The Kier molecular flexibility index (Phi) is 6.28. The van der Waals surface area contributed by atoms with E-state index in [-0.39, 0.29) is 11.2 Å². The van der Waals surface area contributed by atoms with Crippen molar-refractivity contribution in [3.8, 4) is 11.3 Å². The fourth-order valence-corrected chi connectivity index (χ4v) is 5.84. The van der Waals surface area contributed by atoms with Crippen molar-refractivity contribution >= 4 is 23.7 Å². The standard InChI is InChI=1S/C27H30N4O3/c32-19-22(13-15-27(29-16-6-7-17-29)14-8-18-30(27)20-33)31-24-12-5-4-11-23(24)28-25(26(31)34)21-9-2-1-3-10-21/h1-5,9-12,19-20,22H,6-8,13-18H2. The summed E-state index contributed by atoms with van der Waals surface area (Å²) in [6.45, 7) is 2.67. The summed E-state index contributed by atoms with van der Waals surface area (Å²) in [6, 6.07) is 16.2. The van der Waals surface area contributed by atoms with Crippen molar-refractivity contribution < 1.29 is 9.59 Å². The highest BCUT2D eigenvalue weighted by atomic mass is 16.1. The molecule has 2 aliphatic rings. The van der Waals surface area contributed by atoms with Crippen LogP contribution in [0.2, 0.25) is 0 Å². The Labute approximate surface area is 199 Å². The molecule has 0 saturated carbocycles. The maximum atomic E-state index is 13.7. The molecule has 7 heteroatoms. The summed E-state index contributed by atoms with van der Waals surface area (Å²) in [5.41, 5.74) is 1.77. The molecule has 2 aromatic carbocycles. The molecule has 0 radical (unpaired) electrons. The molecule has 2 fully saturated rings. The average molecular weight is 459 g/mol. The van der Waals surface area contributed by atoms with E-state index in [4.69, 9.17) is 0 Å². The molecule has 2 unspecified atom stereocenters. The van der Waals surface area contributed by atoms with Crippen LogP contribution in [-0.4, -0.2) is 57.3 Å². The molecule has 0 N–H and O–H groups in total. The first kappa shape index (κ1) is 22.5. The van der Waals surface area contributed by atoms with Gasteiger partial charge in [0.2, 0.25) is 6.41 Å². The van der Waals surface area contributed by atoms with E-state index >= 15 is 0 Å². The Morgan fingerprint density at radius 3 is 2.41 bits per heavy atom. The summed E-state index contributed by atoms with van der Waals surface area (Å²) >= 11 is 0. The van der Waals surface area contributed by atoms with Crippen LogP contribution < -0.4 is 5.56 Å². The van der Waals surface area contributed by atoms with Crippen molar-refractivity contribution in [1.82, 2.24) is 19.4 Å². The van der Waals surface area contributed by atoms with Crippen LogP contribution in [0.25, 0.3) is 22.3 Å². The molecule has 0 bridgehead atoms. The van der Waals surface area contributed by atoms with Crippen LogP contribution in [0.15, 0.2) is 59.4 Å². The number of carbonyl (C=O) groups is 2. The lowest BCUT2D eigenvalue weighted by Crippen LogP contribution is -2.56. The van der Waals surface area contributed by atoms with Crippen LogP contribution in [0.4, 0.5) is 0 Å². The second kappa shape index (κ2) is 9.50. The molecule has 2 aliphatic heterocycles. The lowest BCUT2D eigenvalue weighted by Gasteiger charge is -2.44. The van der Waals surface area contributed by atoms with Crippen molar-refractivity contribution in [3.63, 3.8) is 0 Å². The first-order chi connectivity index (χ1) is 16.7. The Morgan fingerprint density at radius 2 is 1.68 bits per heavy atom. The molecular formula is C27H30N4O3. The molecule has 2 saturated heterocycles. The highest BCUT2D eigenvalue weighted by Crippen LogP contribution is 2.39. The second-order valence-corrected chi connectivity index (χ2v) is 9.31. The third-order valence-electron chi connectivity index (χ3n) is 7.50. The third kappa shape index (κ3) is 3.84. The molecule has 7 nitrogen and oxygen atoms in total. The summed E-state index contributed by atoms with van der Waals surface area (Å²) in [5, 5.41) is 0. The SMILES string of the molecule is O=CC(CCC1(N2CCCC2)CCCN1C=O)n1c(=O)c(-c2ccccc2)nc2ccccc21. The predicted molar refractivity (Wildman–Crippen MR) is 131 cm³/mol. The number of benzene rings is 2. The number of amides is 1. The Hall–Kier alpha value is -3.32. The number of carbonyl (C=O) groups excluding carboxylic acids is 2. The minimum atomic E-state index is -0.642. The van der Waals surface area contributed by atoms with Gasteiger partial charge in [-0.15, -0.1) is 0 Å². The van der Waals surface area contributed by atoms with E-state index < -0.39 is 6.04 Å². The molecule has 1 aromatic heterocycles. The maximum Gasteiger partial charge on any atom is 0.278 e. The van der Waals surface area contributed by atoms with Crippen molar-refractivity contribution in [3.05, 3.63) is 65.0 Å². The van der Waals surface area contributed by atoms with Crippen LogP contribution in [0.1, 0.15) is 44.6 Å². The zero-order chi connectivity index (χ0) is 23.5. The van der Waals surface area contributed by atoms with Crippen LogP contribution in [0.3, 0.4) is 0 Å². The fraction of sp³-hybridized carbons (Fsp3) is 0.407. The Bertz CT molecular complexity index is 1240. The number of nitrogens with zero attached hydrogens (tertiary/aromatic N) is 4. The van der Waals surface area contributed by atoms with Gasteiger partial charge in [-0.1, -0.05) is 42.5 Å². The monoisotopic (exact) mass is 458 g/mol. The van der Waals surface area contributed by atoms with E-state index in [2.05, 4.69) is 9.88 Å². The molecule has 3 heterocycles. The van der Waals surface area contributed by atoms with Crippen molar-refractivity contribution in [2.45, 2.75) is 50.2 Å². The fourth-order valence-electron chi connectivity index (χ4n) is 5.84. The minimum absolute atomic E-state index is 0.268. The molecule has 2 atom stereocenters. The summed E-state index contributed by atoms with van der Waals surface area (Å²) in [7, 11) is 0. The third-order valence-corrected chi connectivity index (χ3v) is 7.50. The van der Waals surface area contributed by atoms with Gasteiger partial charge in [0.05, 0.1) is 22.7 Å². The number of fused-ring (bicyclic) bond motifs is 1. The van der Waals surface area contributed by atoms with E-state index in [1.807, 2.05) is 59.5 Å². The first-order valence-electron chi connectivity index (χ1n) is 12.2. The average Bonchev–Trinajstić information content (AvgIpc) is 3.56. The Morgan fingerprint density at radius 1 is 0.941 bits per heavy atom. The van der Waals surface area contributed by atoms with E-state index in [0.29, 0.717) is 29.6 Å². The van der Waals surface area contributed by atoms with Crippen LogP contribution in [0, 0.1) is 0 Å². The number of hydrogen-bond donors (Lipinski definition) is 0. The second-order valence-electron chi connectivity index (χ2n) is 9.31. The topological polar surface area (TPSA) is 75.5 Å².